The van der Waals surface area contributed by atoms with Crippen molar-refractivity contribution in [3.8, 4) is 0 Å². The van der Waals surface area contributed by atoms with E-state index < -0.39 is 11.3 Å². The maximum Gasteiger partial charge on any atom is 0.414 e. The summed E-state index contributed by atoms with van der Waals surface area (Å²) in [6.45, 7) is 2.59. The van der Waals surface area contributed by atoms with Crippen LogP contribution in [0.25, 0.3) is 0 Å². The van der Waals surface area contributed by atoms with E-state index in [0.717, 1.165) is 5.56 Å². The molecule has 0 saturated carbocycles. The summed E-state index contributed by atoms with van der Waals surface area (Å²) >= 11 is 6.17. The predicted molar refractivity (Wildman–Crippen MR) is 110 cm³/mol. The highest BCUT2D eigenvalue weighted by molar-refractivity contribution is 6.31. The number of nitrogens with one attached hydrogen (secondary N) is 1. The number of anilines is 2. The van der Waals surface area contributed by atoms with Crippen molar-refractivity contribution in [3.05, 3.63) is 58.1 Å². The summed E-state index contributed by atoms with van der Waals surface area (Å²) in [5.74, 6) is -0.497. The second-order valence-corrected chi connectivity index (χ2v) is 7.93. The van der Waals surface area contributed by atoms with E-state index in [-0.39, 0.29) is 12.1 Å². The summed E-state index contributed by atoms with van der Waals surface area (Å²) in [5, 5.41) is 3.74. The molecule has 1 fully saturated rings. The topological polar surface area (TPSA) is 102 Å². The van der Waals surface area contributed by atoms with Gasteiger partial charge in [-0.15, -0.1) is 0 Å². The van der Waals surface area contributed by atoms with Crippen LogP contribution in [-0.4, -0.2) is 31.4 Å². The first kappa shape index (κ1) is 19.3. The molecule has 0 spiro atoms. The Morgan fingerprint density at radius 2 is 2.17 bits per heavy atom. The minimum atomic E-state index is -1.02. The van der Waals surface area contributed by atoms with E-state index in [1.165, 1.54) is 0 Å². The van der Waals surface area contributed by atoms with Gasteiger partial charge in [0.1, 0.15) is 6.61 Å². The predicted octanol–water partition coefficient (Wildman–Crippen LogP) is 3.41. The van der Waals surface area contributed by atoms with Crippen LogP contribution in [0.1, 0.15) is 40.9 Å². The highest BCUT2D eigenvalue weighted by Gasteiger charge is 2.43. The molecule has 2 aromatic carbocycles. The number of carbonyl (C=O) groups excluding carboxylic acids is 3. The maximum absolute atomic E-state index is 12.4. The van der Waals surface area contributed by atoms with Gasteiger partial charge in [0, 0.05) is 22.0 Å². The normalized spacial score (nSPS) is 23.2. The molecule has 3 N–H and O–H groups in total. The van der Waals surface area contributed by atoms with Crippen molar-refractivity contribution in [3.63, 3.8) is 0 Å². The lowest BCUT2D eigenvalue weighted by Gasteiger charge is -2.40. The Bertz CT molecular complexity index is 1020. The Morgan fingerprint density at radius 3 is 2.83 bits per heavy atom. The monoisotopic (exact) mass is 413 g/mol. The SMILES string of the molecule is CC1(C(N)=O)CC(c2cccc(N3CCOC3=O)c2)Nc2c(C=O)cc(Cl)cc21. The van der Waals surface area contributed by atoms with Gasteiger partial charge in [0.05, 0.1) is 18.0 Å². The van der Waals surface area contributed by atoms with Crippen molar-refractivity contribution in [2.24, 2.45) is 5.73 Å². The van der Waals surface area contributed by atoms with Crippen molar-refractivity contribution in [1.29, 1.82) is 0 Å². The number of fused-ring (bicyclic) bond motifs is 1. The van der Waals surface area contributed by atoms with E-state index in [1.807, 2.05) is 24.3 Å². The molecule has 2 aliphatic heterocycles. The third-order valence-electron chi connectivity index (χ3n) is 5.67. The van der Waals surface area contributed by atoms with E-state index in [0.29, 0.717) is 53.4 Å². The van der Waals surface area contributed by atoms with Crippen LogP contribution >= 0.6 is 11.6 Å². The zero-order chi connectivity index (χ0) is 20.8. The van der Waals surface area contributed by atoms with Crippen molar-refractivity contribution in [1.82, 2.24) is 0 Å². The van der Waals surface area contributed by atoms with Gasteiger partial charge < -0.3 is 15.8 Å². The van der Waals surface area contributed by atoms with Gasteiger partial charge in [-0.2, -0.15) is 0 Å². The molecule has 1 saturated heterocycles. The number of carbonyl (C=O) groups is 3. The molecule has 2 unspecified atom stereocenters. The second kappa shape index (κ2) is 7.08. The fraction of sp³-hybridized carbons (Fsp3) is 0.286. The van der Waals surface area contributed by atoms with Gasteiger partial charge in [-0.3, -0.25) is 14.5 Å². The molecule has 2 atom stereocenters. The minimum Gasteiger partial charge on any atom is -0.447 e. The van der Waals surface area contributed by atoms with Crippen LogP contribution in [0.5, 0.6) is 0 Å². The van der Waals surface area contributed by atoms with Gasteiger partial charge in [-0.05, 0) is 48.7 Å². The lowest BCUT2D eigenvalue weighted by Crippen LogP contribution is -2.44. The minimum absolute atomic E-state index is 0.293. The van der Waals surface area contributed by atoms with E-state index in [2.05, 4.69) is 5.32 Å². The van der Waals surface area contributed by atoms with E-state index >= 15 is 0 Å². The van der Waals surface area contributed by atoms with Crippen molar-refractivity contribution < 1.29 is 19.1 Å². The van der Waals surface area contributed by atoms with Gasteiger partial charge in [0.25, 0.3) is 0 Å². The zero-order valence-electron chi connectivity index (χ0n) is 15.8. The Hall–Kier alpha value is -3.06. The number of benzene rings is 2. The van der Waals surface area contributed by atoms with Crippen LogP contribution in [-0.2, 0) is 14.9 Å². The Balaban J connectivity index is 1.79. The molecule has 0 aromatic heterocycles. The summed E-state index contributed by atoms with van der Waals surface area (Å²) < 4.78 is 5.02. The fourth-order valence-electron chi connectivity index (χ4n) is 4.03. The number of halogens is 1. The van der Waals surface area contributed by atoms with Crippen LogP contribution < -0.4 is 16.0 Å². The van der Waals surface area contributed by atoms with Gasteiger partial charge in [-0.1, -0.05) is 23.7 Å². The van der Waals surface area contributed by atoms with Crippen molar-refractivity contribution >= 4 is 41.3 Å². The number of ether oxygens (including phenoxy) is 1. The Kier molecular flexibility index (Phi) is 4.70. The molecule has 2 heterocycles. The van der Waals surface area contributed by atoms with E-state index in [1.54, 1.807) is 24.0 Å². The molecule has 8 heteroatoms. The number of rotatable bonds is 4. The standard InChI is InChI=1S/C21H20ClN3O4/c1-21(19(23)27)10-17(24-18-13(11-26)7-14(22)9-16(18)21)12-3-2-4-15(8-12)25-5-6-29-20(25)28/h2-4,7-9,11,17,24H,5-6,10H2,1H3,(H2,23,27). The van der Waals surface area contributed by atoms with Gasteiger partial charge in [0.15, 0.2) is 6.29 Å². The maximum atomic E-state index is 12.4. The molecule has 29 heavy (non-hydrogen) atoms. The average Bonchev–Trinajstić information content (AvgIpc) is 3.13. The zero-order valence-corrected chi connectivity index (χ0v) is 16.5. The number of hydrogen-bond acceptors (Lipinski definition) is 5. The number of hydrogen-bond donors (Lipinski definition) is 2. The Morgan fingerprint density at radius 1 is 1.38 bits per heavy atom. The third-order valence-corrected chi connectivity index (χ3v) is 5.89. The molecular weight excluding hydrogens is 394 g/mol. The third kappa shape index (κ3) is 3.21. The van der Waals surface area contributed by atoms with Crippen LogP contribution in [0.15, 0.2) is 36.4 Å². The van der Waals surface area contributed by atoms with E-state index in [9.17, 15) is 14.4 Å². The summed E-state index contributed by atoms with van der Waals surface area (Å²) in [6, 6.07) is 10.4. The average molecular weight is 414 g/mol. The molecule has 4 rings (SSSR count). The van der Waals surface area contributed by atoms with Crippen LogP contribution in [0.4, 0.5) is 16.2 Å². The number of nitrogens with zero attached hydrogens (tertiary/aromatic N) is 1. The van der Waals surface area contributed by atoms with Gasteiger partial charge in [-0.25, -0.2) is 4.79 Å². The van der Waals surface area contributed by atoms with Crippen LogP contribution in [0.2, 0.25) is 5.02 Å². The quantitative estimate of drug-likeness (QED) is 0.748. The molecule has 2 aromatic rings. The highest BCUT2D eigenvalue weighted by Crippen LogP contribution is 2.46. The molecule has 0 bridgehead atoms. The van der Waals surface area contributed by atoms with Gasteiger partial charge >= 0.3 is 6.09 Å². The first-order valence-electron chi connectivity index (χ1n) is 9.23. The molecule has 7 nitrogen and oxygen atoms in total. The summed E-state index contributed by atoms with van der Waals surface area (Å²) in [4.78, 5) is 37.6. The number of aldehydes is 1. The number of primary amides is 1. The van der Waals surface area contributed by atoms with Crippen LogP contribution in [0.3, 0.4) is 0 Å². The molecule has 2 amide bonds. The first-order chi connectivity index (χ1) is 13.8. The summed E-state index contributed by atoms with van der Waals surface area (Å²) in [6.07, 6.45) is 0.698. The Labute approximate surface area is 172 Å². The second-order valence-electron chi connectivity index (χ2n) is 7.49. The lowest BCUT2D eigenvalue weighted by molar-refractivity contribution is -0.123. The molecule has 0 aliphatic carbocycles. The van der Waals surface area contributed by atoms with Crippen molar-refractivity contribution in [2.75, 3.05) is 23.4 Å². The number of amides is 2. The van der Waals surface area contributed by atoms with Crippen molar-refractivity contribution in [2.45, 2.75) is 24.8 Å². The van der Waals surface area contributed by atoms with Gasteiger partial charge in [0.2, 0.25) is 5.91 Å². The largest absolute Gasteiger partial charge is 0.447 e. The number of nitrogens with two attached hydrogens (primary N) is 1. The fourth-order valence-corrected chi connectivity index (χ4v) is 4.26. The lowest BCUT2D eigenvalue weighted by atomic mass is 9.71. The summed E-state index contributed by atoms with van der Waals surface area (Å²) in [7, 11) is 0. The molecule has 2 aliphatic rings. The highest BCUT2D eigenvalue weighted by atomic mass is 35.5. The first-order valence-corrected chi connectivity index (χ1v) is 9.61. The molecule has 0 radical (unpaired) electrons. The van der Waals surface area contributed by atoms with Crippen LogP contribution in [0, 0.1) is 0 Å². The van der Waals surface area contributed by atoms with E-state index in [4.69, 9.17) is 22.1 Å². The summed E-state index contributed by atoms with van der Waals surface area (Å²) in [5.41, 5.74) is 7.86. The molecular formula is C21H20ClN3O4. The number of cyclic esters (lactones) is 1. The molecule has 150 valence electrons. The smallest absolute Gasteiger partial charge is 0.414 e.